The van der Waals surface area contributed by atoms with Gasteiger partial charge in [-0.05, 0) is 51.9 Å². The number of hydrogen-bond acceptors (Lipinski definition) is 4. The fourth-order valence-electron chi connectivity index (χ4n) is 2.81. The first-order valence-corrected chi connectivity index (χ1v) is 8.26. The molecule has 0 aliphatic carbocycles. The molecule has 5 nitrogen and oxygen atoms in total. The number of amides is 1. The van der Waals surface area contributed by atoms with Crippen LogP contribution in [0.2, 0.25) is 0 Å². The van der Waals surface area contributed by atoms with Gasteiger partial charge in [0.05, 0.1) is 6.61 Å². The number of Topliss-reactive ketones (excluding diaryl/α,β-unsaturated/α-hetero) is 1. The summed E-state index contributed by atoms with van der Waals surface area (Å²) in [5.74, 6) is 0.783. The smallest absolute Gasteiger partial charge is 0.220 e. The standard InChI is InChI=1S/C18H26N2O3/c1-14(21)15-6-3-8-17(12-15)23-11-5-9-18(22)19-16-7-4-10-20(2)13-16/h3,6,8,12,16H,4-5,7,9-11,13H2,1-2H3,(H,19,22)/t16-/m1/s1. The molecule has 1 amide bonds. The van der Waals surface area contributed by atoms with Crippen LogP contribution in [0.1, 0.15) is 43.0 Å². The number of hydrogen-bond donors (Lipinski definition) is 1. The van der Waals surface area contributed by atoms with Crippen molar-refractivity contribution in [1.29, 1.82) is 0 Å². The Morgan fingerprint density at radius 3 is 2.96 bits per heavy atom. The molecule has 0 spiro atoms. The molecule has 23 heavy (non-hydrogen) atoms. The molecule has 1 fully saturated rings. The van der Waals surface area contributed by atoms with Gasteiger partial charge in [-0.15, -0.1) is 0 Å². The third-order valence-electron chi connectivity index (χ3n) is 4.05. The summed E-state index contributed by atoms with van der Waals surface area (Å²) in [6.45, 7) is 4.05. The van der Waals surface area contributed by atoms with Gasteiger partial charge in [0.15, 0.2) is 5.78 Å². The lowest BCUT2D eigenvalue weighted by Crippen LogP contribution is -2.46. The molecule has 0 unspecified atom stereocenters. The number of carbonyl (C=O) groups is 2. The average molecular weight is 318 g/mol. The molecular weight excluding hydrogens is 292 g/mol. The zero-order valence-corrected chi connectivity index (χ0v) is 14.0. The fourth-order valence-corrected chi connectivity index (χ4v) is 2.81. The van der Waals surface area contributed by atoms with Gasteiger partial charge in [0.25, 0.3) is 0 Å². The molecular formula is C18H26N2O3. The SMILES string of the molecule is CC(=O)c1cccc(OCCCC(=O)N[C@@H]2CCCN(C)C2)c1. The Morgan fingerprint density at radius 1 is 1.39 bits per heavy atom. The third-order valence-corrected chi connectivity index (χ3v) is 4.05. The average Bonchev–Trinajstić information content (AvgIpc) is 2.52. The predicted octanol–water partition coefficient (Wildman–Crippen LogP) is 2.26. The van der Waals surface area contributed by atoms with Crippen LogP contribution in [0.25, 0.3) is 0 Å². The van der Waals surface area contributed by atoms with E-state index in [9.17, 15) is 9.59 Å². The highest BCUT2D eigenvalue weighted by Gasteiger charge is 2.18. The van der Waals surface area contributed by atoms with Crippen LogP contribution in [0.4, 0.5) is 0 Å². The van der Waals surface area contributed by atoms with Crippen LogP contribution >= 0.6 is 0 Å². The largest absolute Gasteiger partial charge is 0.494 e. The Bertz CT molecular complexity index is 545. The second-order valence-electron chi connectivity index (χ2n) is 6.20. The number of nitrogens with zero attached hydrogens (tertiary/aromatic N) is 1. The number of likely N-dealkylation sites (tertiary alicyclic amines) is 1. The molecule has 1 aliphatic heterocycles. The van der Waals surface area contributed by atoms with Gasteiger partial charge >= 0.3 is 0 Å². The van der Waals surface area contributed by atoms with E-state index in [2.05, 4.69) is 17.3 Å². The molecule has 1 aliphatic rings. The number of carbonyl (C=O) groups excluding carboxylic acids is 2. The maximum absolute atomic E-state index is 11.9. The highest BCUT2D eigenvalue weighted by Crippen LogP contribution is 2.14. The molecule has 0 aromatic heterocycles. The van der Waals surface area contributed by atoms with E-state index in [0.717, 1.165) is 25.9 Å². The summed E-state index contributed by atoms with van der Waals surface area (Å²) in [6, 6.07) is 7.40. The van der Waals surface area contributed by atoms with Gasteiger partial charge in [0.2, 0.25) is 5.91 Å². The second-order valence-corrected chi connectivity index (χ2v) is 6.20. The summed E-state index contributed by atoms with van der Waals surface area (Å²) >= 11 is 0. The zero-order chi connectivity index (χ0) is 16.7. The minimum Gasteiger partial charge on any atom is -0.494 e. The Balaban J connectivity index is 1.66. The van der Waals surface area contributed by atoms with E-state index < -0.39 is 0 Å². The van der Waals surface area contributed by atoms with Crippen LogP contribution in [0, 0.1) is 0 Å². The van der Waals surface area contributed by atoms with Crippen LogP contribution < -0.4 is 10.1 Å². The molecule has 1 saturated heterocycles. The zero-order valence-electron chi connectivity index (χ0n) is 14.0. The van der Waals surface area contributed by atoms with E-state index in [4.69, 9.17) is 4.74 Å². The molecule has 1 aromatic rings. The summed E-state index contributed by atoms with van der Waals surface area (Å²) in [5.41, 5.74) is 0.640. The van der Waals surface area contributed by atoms with E-state index in [1.165, 1.54) is 6.92 Å². The highest BCUT2D eigenvalue weighted by atomic mass is 16.5. The first-order valence-electron chi connectivity index (χ1n) is 8.26. The van der Waals surface area contributed by atoms with E-state index in [1.54, 1.807) is 18.2 Å². The van der Waals surface area contributed by atoms with Crippen molar-refractivity contribution >= 4 is 11.7 Å². The monoisotopic (exact) mass is 318 g/mol. The van der Waals surface area contributed by atoms with Crippen molar-refractivity contribution in [2.24, 2.45) is 0 Å². The van der Waals surface area contributed by atoms with Crippen molar-refractivity contribution in [3.05, 3.63) is 29.8 Å². The Morgan fingerprint density at radius 2 is 2.22 bits per heavy atom. The quantitative estimate of drug-likeness (QED) is 0.619. The first-order chi connectivity index (χ1) is 11.0. The number of ether oxygens (including phenoxy) is 1. The van der Waals surface area contributed by atoms with E-state index in [1.807, 2.05) is 6.07 Å². The maximum atomic E-state index is 11.9. The number of nitrogens with one attached hydrogen (secondary N) is 1. The van der Waals surface area contributed by atoms with Crippen molar-refractivity contribution in [3.8, 4) is 5.75 Å². The molecule has 1 N–H and O–H groups in total. The summed E-state index contributed by atoms with van der Waals surface area (Å²) in [7, 11) is 2.08. The molecule has 1 atom stereocenters. The number of ketones is 1. The lowest BCUT2D eigenvalue weighted by molar-refractivity contribution is -0.122. The Hall–Kier alpha value is -1.88. The molecule has 0 saturated carbocycles. The topological polar surface area (TPSA) is 58.6 Å². The molecule has 1 heterocycles. The molecule has 126 valence electrons. The van der Waals surface area contributed by atoms with Gasteiger partial charge in [-0.2, -0.15) is 0 Å². The minimum atomic E-state index is 0.0206. The number of likely N-dealkylation sites (N-methyl/N-ethyl adjacent to an activating group) is 1. The van der Waals surface area contributed by atoms with Crippen LogP contribution in [-0.4, -0.2) is 49.4 Å². The third kappa shape index (κ3) is 6.02. The molecule has 0 bridgehead atoms. The van der Waals surface area contributed by atoms with Crippen molar-refractivity contribution in [1.82, 2.24) is 10.2 Å². The highest BCUT2D eigenvalue weighted by molar-refractivity contribution is 5.94. The minimum absolute atomic E-state index is 0.0206. The van der Waals surface area contributed by atoms with Crippen molar-refractivity contribution in [3.63, 3.8) is 0 Å². The normalized spacial score (nSPS) is 18.4. The first kappa shape index (κ1) is 17.5. The van der Waals surface area contributed by atoms with Gasteiger partial charge in [0, 0.05) is 24.6 Å². The lowest BCUT2D eigenvalue weighted by atomic mass is 10.1. The van der Waals surface area contributed by atoms with Crippen LogP contribution in [0.3, 0.4) is 0 Å². The van der Waals surface area contributed by atoms with Gasteiger partial charge in [-0.25, -0.2) is 0 Å². The summed E-state index contributed by atoms with van der Waals surface area (Å²) in [5, 5.41) is 3.09. The lowest BCUT2D eigenvalue weighted by Gasteiger charge is -2.30. The van der Waals surface area contributed by atoms with Gasteiger partial charge in [0.1, 0.15) is 5.75 Å². The fraction of sp³-hybridized carbons (Fsp3) is 0.556. The van der Waals surface area contributed by atoms with Crippen LogP contribution in [0.5, 0.6) is 5.75 Å². The van der Waals surface area contributed by atoms with Gasteiger partial charge < -0.3 is 15.0 Å². The van der Waals surface area contributed by atoms with Crippen molar-refractivity contribution < 1.29 is 14.3 Å². The molecule has 0 radical (unpaired) electrons. The molecule has 2 rings (SSSR count). The summed E-state index contributed by atoms with van der Waals surface area (Å²) < 4.78 is 5.61. The van der Waals surface area contributed by atoms with Gasteiger partial charge in [-0.1, -0.05) is 12.1 Å². The van der Waals surface area contributed by atoms with Gasteiger partial charge in [-0.3, -0.25) is 9.59 Å². The molecule has 1 aromatic carbocycles. The number of benzene rings is 1. The Kier molecular flexibility index (Phi) is 6.59. The predicted molar refractivity (Wildman–Crippen MR) is 89.8 cm³/mol. The van der Waals surface area contributed by atoms with E-state index >= 15 is 0 Å². The second kappa shape index (κ2) is 8.67. The number of piperidine rings is 1. The van der Waals surface area contributed by atoms with Crippen molar-refractivity contribution in [2.45, 2.75) is 38.6 Å². The molecule has 5 heteroatoms. The van der Waals surface area contributed by atoms with Crippen molar-refractivity contribution in [2.75, 3.05) is 26.7 Å². The van der Waals surface area contributed by atoms with Crippen LogP contribution in [-0.2, 0) is 4.79 Å². The van der Waals surface area contributed by atoms with E-state index in [0.29, 0.717) is 30.8 Å². The number of rotatable bonds is 7. The maximum Gasteiger partial charge on any atom is 0.220 e. The summed E-state index contributed by atoms with van der Waals surface area (Å²) in [6.07, 6.45) is 3.33. The summed E-state index contributed by atoms with van der Waals surface area (Å²) in [4.78, 5) is 25.5. The van der Waals surface area contributed by atoms with Crippen LogP contribution in [0.15, 0.2) is 24.3 Å². The van der Waals surface area contributed by atoms with E-state index in [-0.39, 0.29) is 17.7 Å². The Labute approximate surface area is 138 Å².